The molecule has 0 unspecified atom stereocenters. The fourth-order valence-electron chi connectivity index (χ4n) is 4.05. The Morgan fingerprint density at radius 1 is 1.07 bits per heavy atom. The standard InChI is InChI=1S/C28H27F3N4O6/c29-28(30,31)22-7-5-20(6-8-22)21-13-24(41-26(14-21)40-17-19-3-1-18(16-36)2-4-19)27(37)33-12-11-32-25-10-9-23(15-34-25)35(38)39/h1-10,13,15,21,26,36H,11-12,14,16-17H2,(H,32,34)(H,33,37)/t21-,26+/m0/s1. The molecule has 0 aliphatic carbocycles. The van der Waals surface area contributed by atoms with Crippen molar-refractivity contribution in [2.24, 2.45) is 0 Å². The first-order valence-electron chi connectivity index (χ1n) is 12.6. The minimum absolute atomic E-state index is 0.0322. The number of alkyl halides is 3. The lowest BCUT2D eigenvalue weighted by Gasteiger charge is -2.29. The molecular weight excluding hydrogens is 545 g/mol. The van der Waals surface area contributed by atoms with Crippen LogP contribution in [0.4, 0.5) is 24.7 Å². The number of nitrogens with one attached hydrogen (secondary N) is 2. The Morgan fingerprint density at radius 3 is 2.39 bits per heavy atom. The average Bonchev–Trinajstić information content (AvgIpc) is 2.98. The van der Waals surface area contributed by atoms with Crippen LogP contribution in [0.5, 0.6) is 0 Å². The number of aliphatic hydroxyl groups is 1. The normalized spacial score (nSPS) is 16.8. The van der Waals surface area contributed by atoms with E-state index in [2.05, 4.69) is 15.6 Å². The van der Waals surface area contributed by atoms with Gasteiger partial charge in [0, 0.05) is 31.5 Å². The fraction of sp³-hybridized carbons (Fsp3) is 0.286. The lowest BCUT2D eigenvalue weighted by Crippen LogP contribution is -2.35. The molecule has 3 N–H and O–H groups in total. The Bertz CT molecular complexity index is 1360. The van der Waals surface area contributed by atoms with Crippen LogP contribution >= 0.6 is 0 Å². The number of hydrogen-bond donors (Lipinski definition) is 3. The Balaban J connectivity index is 1.40. The highest BCUT2D eigenvalue weighted by Crippen LogP contribution is 2.34. The molecule has 0 fully saturated rings. The van der Waals surface area contributed by atoms with Crippen molar-refractivity contribution in [2.45, 2.75) is 38.0 Å². The number of halogens is 3. The third-order valence-electron chi connectivity index (χ3n) is 6.26. The van der Waals surface area contributed by atoms with E-state index in [4.69, 9.17) is 9.47 Å². The van der Waals surface area contributed by atoms with Crippen molar-refractivity contribution in [3.63, 3.8) is 0 Å². The summed E-state index contributed by atoms with van der Waals surface area (Å²) in [5, 5.41) is 25.6. The molecule has 0 spiro atoms. The van der Waals surface area contributed by atoms with Crippen LogP contribution in [0.25, 0.3) is 0 Å². The molecule has 2 heterocycles. The molecule has 2 atom stereocenters. The van der Waals surface area contributed by atoms with E-state index in [1.807, 2.05) is 0 Å². The summed E-state index contributed by atoms with van der Waals surface area (Å²) in [7, 11) is 0. The number of carbonyl (C=O) groups excluding carboxylic acids is 1. The van der Waals surface area contributed by atoms with Crippen molar-refractivity contribution in [3.05, 3.63) is 111 Å². The number of nitrogens with zero attached hydrogens (tertiary/aromatic N) is 2. The first-order chi connectivity index (χ1) is 19.6. The minimum atomic E-state index is -4.47. The van der Waals surface area contributed by atoms with Crippen LogP contribution in [0.2, 0.25) is 0 Å². The lowest BCUT2D eigenvalue weighted by atomic mass is 9.92. The summed E-state index contributed by atoms with van der Waals surface area (Å²) >= 11 is 0. The van der Waals surface area contributed by atoms with E-state index >= 15 is 0 Å². The molecule has 41 heavy (non-hydrogen) atoms. The molecule has 2 aromatic carbocycles. The van der Waals surface area contributed by atoms with Crippen LogP contribution < -0.4 is 10.6 Å². The van der Waals surface area contributed by atoms with Gasteiger partial charge in [0.25, 0.3) is 11.6 Å². The predicted molar refractivity (Wildman–Crippen MR) is 141 cm³/mol. The number of rotatable bonds is 11. The number of benzene rings is 2. The van der Waals surface area contributed by atoms with Crippen molar-refractivity contribution < 1.29 is 37.5 Å². The van der Waals surface area contributed by atoms with Crippen LogP contribution in [0.1, 0.15) is 34.6 Å². The maximum Gasteiger partial charge on any atom is 0.416 e. The second kappa shape index (κ2) is 13.2. The number of aromatic nitrogens is 1. The number of amides is 1. The van der Waals surface area contributed by atoms with Gasteiger partial charge in [-0.05, 0) is 41.0 Å². The average molecular weight is 573 g/mol. The highest BCUT2D eigenvalue weighted by molar-refractivity contribution is 5.91. The molecule has 216 valence electrons. The van der Waals surface area contributed by atoms with Gasteiger partial charge >= 0.3 is 6.18 Å². The summed E-state index contributed by atoms with van der Waals surface area (Å²) in [6.45, 7) is 0.476. The Morgan fingerprint density at radius 2 is 1.78 bits per heavy atom. The third kappa shape index (κ3) is 8.25. The molecule has 1 amide bonds. The number of pyridine rings is 1. The van der Waals surface area contributed by atoms with Gasteiger partial charge in [0.1, 0.15) is 12.0 Å². The van der Waals surface area contributed by atoms with Gasteiger partial charge < -0.3 is 25.2 Å². The van der Waals surface area contributed by atoms with Crippen LogP contribution in [-0.2, 0) is 33.7 Å². The Kier molecular flexibility index (Phi) is 9.53. The highest BCUT2D eigenvalue weighted by Gasteiger charge is 2.32. The molecule has 4 rings (SSSR count). The third-order valence-corrected chi connectivity index (χ3v) is 6.26. The van der Waals surface area contributed by atoms with E-state index in [-0.39, 0.29) is 44.2 Å². The summed E-state index contributed by atoms with van der Waals surface area (Å²) in [4.78, 5) is 27.1. The van der Waals surface area contributed by atoms with Crippen LogP contribution in [0.15, 0.2) is 78.7 Å². The van der Waals surface area contributed by atoms with E-state index < -0.39 is 34.8 Å². The monoisotopic (exact) mass is 572 g/mol. The molecule has 1 aliphatic heterocycles. The summed E-state index contributed by atoms with van der Waals surface area (Å²) in [5.41, 5.74) is 1.20. The van der Waals surface area contributed by atoms with E-state index in [9.17, 15) is 33.2 Å². The van der Waals surface area contributed by atoms with Gasteiger partial charge in [0.05, 0.1) is 23.7 Å². The Labute approximate surface area is 233 Å². The van der Waals surface area contributed by atoms with Crippen molar-refractivity contribution in [1.82, 2.24) is 10.3 Å². The van der Waals surface area contributed by atoms with E-state index in [1.165, 1.54) is 24.3 Å². The predicted octanol–water partition coefficient (Wildman–Crippen LogP) is 4.66. The zero-order valence-electron chi connectivity index (χ0n) is 21.6. The number of aliphatic hydroxyl groups excluding tert-OH is 1. The van der Waals surface area contributed by atoms with Gasteiger partial charge in [0.15, 0.2) is 5.76 Å². The largest absolute Gasteiger partial charge is 0.459 e. The van der Waals surface area contributed by atoms with Gasteiger partial charge in [-0.15, -0.1) is 0 Å². The molecular formula is C28H27F3N4O6. The van der Waals surface area contributed by atoms with Crippen LogP contribution in [-0.4, -0.2) is 40.3 Å². The maximum absolute atomic E-state index is 13.1. The molecule has 10 nitrogen and oxygen atoms in total. The zero-order chi connectivity index (χ0) is 29.4. The summed E-state index contributed by atoms with van der Waals surface area (Å²) in [5.74, 6) is -0.631. The van der Waals surface area contributed by atoms with Crippen LogP contribution in [0.3, 0.4) is 0 Å². The first-order valence-corrected chi connectivity index (χ1v) is 12.6. The molecule has 3 aromatic rings. The molecule has 0 saturated heterocycles. The van der Waals surface area contributed by atoms with Crippen molar-refractivity contribution >= 4 is 17.4 Å². The lowest BCUT2D eigenvalue weighted by molar-refractivity contribution is -0.385. The van der Waals surface area contributed by atoms with Crippen molar-refractivity contribution in [1.29, 1.82) is 0 Å². The molecule has 1 aromatic heterocycles. The number of ether oxygens (including phenoxy) is 2. The number of hydrogen-bond acceptors (Lipinski definition) is 8. The molecule has 0 bridgehead atoms. The summed E-state index contributed by atoms with van der Waals surface area (Å²) in [6.07, 6.45) is -2.38. The number of nitro groups is 1. The summed E-state index contributed by atoms with van der Waals surface area (Å²) < 4.78 is 50.9. The fourth-order valence-corrected chi connectivity index (χ4v) is 4.05. The van der Waals surface area contributed by atoms with Gasteiger partial charge in [0.2, 0.25) is 6.29 Å². The van der Waals surface area contributed by atoms with Crippen molar-refractivity contribution in [2.75, 3.05) is 18.4 Å². The molecule has 0 radical (unpaired) electrons. The molecule has 13 heteroatoms. The van der Waals surface area contributed by atoms with Crippen molar-refractivity contribution in [3.8, 4) is 0 Å². The highest BCUT2D eigenvalue weighted by atomic mass is 19.4. The van der Waals surface area contributed by atoms with E-state index in [0.717, 1.165) is 29.5 Å². The van der Waals surface area contributed by atoms with Gasteiger partial charge in [-0.2, -0.15) is 13.2 Å². The van der Waals surface area contributed by atoms with Gasteiger partial charge in [-0.3, -0.25) is 14.9 Å². The van der Waals surface area contributed by atoms with Gasteiger partial charge in [-0.1, -0.05) is 36.4 Å². The Hall–Kier alpha value is -4.49. The number of anilines is 1. The van der Waals surface area contributed by atoms with Gasteiger partial charge in [-0.25, -0.2) is 4.98 Å². The second-order valence-electron chi connectivity index (χ2n) is 9.17. The first kappa shape index (κ1) is 29.5. The second-order valence-corrected chi connectivity index (χ2v) is 9.17. The van der Waals surface area contributed by atoms with Crippen LogP contribution in [0, 0.1) is 10.1 Å². The number of carbonyl (C=O) groups is 1. The van der Waals surface area contributed by atoms with E-state index in [1.54, 1.807) is 30.3 Å². The topological polar surface area (TPSA) is 136 Å². The SMILES string of the molecule is O=C(NCCNc1ccc([N+](=O)[O-])cn1)C1=C[C@H](c2ccc(C(F)(F)F)cc2)C[C@H](OCc2ccc(CO)cc2)O1. The zero-order valence-corrected chi connectivity index (χ0v) is 21.6. The van der Waals surface area contributed by atoms with E-state index in [0.29, 0.717) is 11.4 Å². The quantitative estimate of drug-likeness (QED) is 0.172. The molecule has 0 saturated carbocycles. The maximum atomic E-state index is 13.1. The number of allylic oxidation sites excluding steroid dienone is 1. The molecule has 1 aliphatic rings. The smallest absolute Gasteiger partial charge is 0.416 e. The summed E-state index contributed by atoms with van der Waals surface area (Å²) in [6, 6.07) is 14.6. The minimum Gasteiger partial charge on any atom is -0.459 e.